The number of para-hydroxylation sites is 2. The molecule has 1 heterocycles. The number of quaternary nitrogens is 1. The van der Waals surface area contributed by atoms with E-state index in [0.717, 1.165) is 61.3 Å². The molecule has 0 radical (unpaired) electrons. The predicted molar refractivity (Wildman–Crippen MR) is 180 cm³/mol. The third-order valence-electron chi connectivity index (χ3n) is 8.29. The lowest BCUT2D eigenvalue weighted by molar-refractivity contribution is -0.151. The molecule has 1 aliphatic heterocycles. The van der Waals surface area contributed by atoms with Gasteiger partial charge < -0.3 is 14.8 Å². The van der Waals surface area contributed by atoms with E-state index < -0.39 is 12.1 Å². The number of fused-ring (bicyclic) bond motifs is 1. The van der Waals surface area contributed by atoms with Gasteiger partial charge in [-0.25, -0.2) is 9.59 Å². The smallest absolute Gasteiger partial charge is 0.360 e. The first kappa shape index (κ1) is 32.8. The van der Waals surface area contributed by atoms with Crippen LogP contribution >= 0.6 is 23.2 Å². The number of nitrogens with one attached hydrogen (secondary N) is 2. The summed E-state index contributed by atoms with van der Waals surface area (Å²) in [4.78, 5) is 31.6. The van der Waals surface area contributed by atoms with Crippen LogP contribution in [0.4, 0.5) is 16.2 Å². The van der Waals surface area contributed by atoms with E-state index in [-0.39, 0.29) is 39.1 Å². The number of carbonyl (C=O) groups is 2. The van der Waals surface area contributed by atoms with Gasteiger partial charge in [-0.15, -0.1) is 4.59 Å². The summed E-state index contributed by atoms with van der Waals surface area (Å²) < 4.78 is 11.5. The van der Waals surface area contributed by atoms with Crippen molar-refractivity contribution in [2.45, 2.75) is 83.9 Å². The van der Waals surface area contributed by atoms with Gasteiger partial charge >= 0.3 is 12.0 Å². The highest BCUT2D eigenvalue weighted by Crippen LogP contribution is 2.44. The Morgan fingerprint density at radius 2 is 1.67 bits per heavy atom. The van der Waals surface area contributed by atoms with E-state index in [4.69, 9.17) is 37.7 Å². The molecule has 2 aliphatic rings. The molecule has 3 aromatic rings. The maximum absolute atomic E-state index is 13.6. The molecule has 45 heavy (non-hydrogen) atoms. The highest BCUT2D eigenvalue weighted by molar-refractivity contribution is 6.37. The minimum atomic E-state index is -1.05. The van der Waals surface area contributed by atoms with Crippen molar-refractivity contribution in [3.05, 3.63) is 87.9 Å². The van der Waals surface area contributed by atoms with E-state index in [1.807, 2.05) is 42.5 Å². The second-order valence-corrected chi connectivity index (χ2v) is 12.4. The number of nitrogens with zero attached hydrogens (tertiary/aromatic N) is 2. The van der Waals surface area contributed by atoms with Crippen molar-refractivity contribution in [2.75, 3.05) is 6.61 Å². The van der Waals surface area contributed by atoms with Crippen LogP contribution in [0.25, 0.3) is 0 Å². The zero-order chi connectivity index (χ0) is 31.8. The predicted octanol–water partition coefficient (Wildman–Crippen LogP) is 8.96. The standard InChI is InChI=1S/C35H40Cl2N4O4/c1-3-5-20-31-39-29-18-12-13-19-30(29)41(31,40-35(43)38-26-16-10-7-11-17-26)23-24-21-27(36)33(28(37)22-24)45-32(34(42)44-4-2)25-14-8-6-9-15-25/h6,8-9,12-15,18-19,21-22,26,32H,3-5,7,10-11,16-17,20,23H2,1-2H3,(H-,38,40,43)/p+1. The molecule has 238 valence electrons. The van der Waals surface area contributed by atoms with E-state index in [2.05, 4.69) is 17.7 Å². The summed E-state index contributed by atoms with van der Waals surface area (Å²) in [6.07, 6.45) is 6.94. The fourth-order valence-corrected chi connectivity index (χ4v) is 6.73. The number of hydrogen-bond acceptors (Lipinski definition) is 5. The number of rotatable bonds is 12. The monoisotopic (exact) mass is 651 g/mol. The molecule has 1 fully saturated rings. The lowest BCUT2D eigenvalue weighted by Gasteiger charge is -2.35. The number of carbonyl (C=O) groups excluding carboxylic acids is 2. The summed E-state index contributed by atoms with van der Waals surface area (Å²) in [5, 5.41) is 3.70. The van der Waals surface area contributed by atoms with E-state index in [1.54, 1.807) is 31.2 Å². The van der Waals surface area contributed by atoms with Crippen molar-refractivity contribution in [1.29, 1.82) is 0 Å². The Morgan fingerprint density at radius 1 is 0.978 bits per heavy atom. The van der Waals surface area contributed by atoms with Crippen molar-refractivity contribution in [1.82, 2.24) is 15.3 Å². The van der Waals surface area contributed by atoms with Gasteiger partial charge in [-0.2, -0.15) is 10.4 Å². The van der Waals surface area contributed by atoms with Crippen molar-refractivity contribution in [3.63, 3.8) is 0 Å². The fraction of sp³-hybridized carbons (Fsp3) is 0.400. The van der Waals surface area contributed by atoms with E-state index >= 15 is 0 Å². The van der Waals surface area contributed by atoms with Crippen molar-refractivity contribution in [3.8, 4) is 5.75 Å². The molecule has 0 aromatic heterocycles. The Morgan fingerprint density at radius 3 is 2.36 bits per heavy atom. The van der Waals surface area contributed by atoms with Crippen molar-refractivity contribution in [2.24, 2.45) is 4.99 Å². The minimum Gasteiger partial charge on any atom is -0.471 e. The van der Waals surface area contributed by atoms with Gasteiger partial charge in [-0.3, -0.25) is 0 Å². The van der Waals surface area contributed by atoms with E-state index in [9.17, 15) is 9.59 Å². The number of halogens is 2. The molecular formula is C35H41Cl2N4O4+. The van der Waals surface area contributed by atoms with Crippen molar-refractivity contribution >= 4 is 52.4 Å². The largest absolute Gasteiger partial charge is 0.471 e. The van der Waals surface area contributed by atoms with Gasteiger partial charge in [-0.1, -0.05) is 98.3 Å². The maximum Gasteiger partial charge on any atom is 0.360 e. The number of unbranched alkanes of at least 4 members (excludes halogenated alkanes) is 1. The molecule has 3 aromatic carbocycles. The van der Waals surface area contributed by atoms with Crippen molar-refractivity contribution < 1.29 is 19.1 Å². The van der Waals surface area contributed by atoms with Crippen LogP contribution in [-0.4, -0.2) is 30.5 Å². The molecule has 8 nitrogen and oxygen atoms in total. The Balaban J connectivity index is 1.49. The molecule has 2 unspecified atom stereocenters. The molecule has 2 atom stereocenters. The molecule has 10 heteroatoms. The molecule has 2 N–H and O–H groups in total. The average molecular weight is 653 g/mol. The maximum atomic E-state index is 13.6. The van der Waals surface area contributed by atoms with Gasteiger partial charge in [0.25, 0.3) is 0 Å². The normalized spacial score (nSPS) is 18.4. The number of aliphatic imine (C=N–C) groups is 1. The van der Waals surface area contributed by atoms with Gasteiger partial charge in [0, 0.05) is 29.7 Å². The fourth-order valence-electron chi connectivity index (χ4n) is 6.11. The third kappa shape index (κ3) is 7.63. The lowest BCUT2D eigenvalue weighted by Crippen LogP contribution is -2.66. The number of benzene rings is 3. The number of amides is 2. The highest BCUT2D eigenvalue weighted by Gasteiger charge is 2.46. The summed E-state index contributed by atoms with van der Waals surface area (Å²) in [5.74, 6) is 0.485. The Hall–Kier alpha value is -3.59. The van der Waals surface area contributed by atoms with Gasteiger partial charge in [0.15, 0.2) is 11.4 Å². The quantitative estimate of drug-likeness (QED) is 0.151. The SMILES string of the molecule is CCCCC1=Nc2ccccc2[N+]1(Cc1cc(Cl)c(OC(C(=O)OCC)c2ccccc2)c(Cl)c1)NC(=O)NC1CCCCC1. The molecule has 5 rings (SSSR count). The number of urea groups is 1. The van der Waals surface area contributed by atoms with Gasteiger partial charge in [-0.05, 0) is 44.4 Å². The Labute approximate surface area is 275 Å². The van der Waals surface area contributed by atoms with E-state index in [0.29, 0.717) is 18.5 Å². The second-order valence-electron chi connectivity index (χ2n) is 11.6. The van der Waals surface area contributed by atoms with Crippen LogP contribution in [0.5, 0.6) is 5.75 Å². The first-order valence-corrected chi connectivity index (χ1v) is 16.6. The van der Waals surface area contributed by atoms with Crippen LogP contribution in [-0.2, 0) is 16.1 Å². The van der Waals surface area contributed by atoms with E-state index in [1.165, 1.54) is 6.42 Å². The number of hydrogen-bond donors (Lipinski definition) is 2. The number of esters is 1. The van der Waals surface area contributed by atoms with Gasteiger partial charge in [0.2, 0.25) is 11.9 Å². The Bertz CT molecular complexity index is 1500. The van der Waals surface area contributed by atoms with Crippen LogP contribution in [0.3, 0.4) is 0 Å². The zero-order valence-corrected chi connectivity index (χ0v) is 27.4. The minimum absolute atomic E-state index is 0.0249. The molecule has 1 aliphatic carbocycles. The molecular weight excluding hydrogens is 611 g/mol. The molecule has 0 spiro atoms. The zero-order valence-electron chi connectivity index (χ0n) is 25.9. The number of ether oxygens (including phenoxy) is 2. The average Bonchev–Trinajstić information content (AvgIpc) is 3.32. The van der Waals surface area contributed by atoms with Crippen LogP contribution in [0, 0.1) is 0 Å². The summed E-state index contributed by atoms with van der Waals surface area (Å²) >= 11 is 13.7. The summed E-state index contributed by atoms with van der Waals surface area (Å²) in [7, 11) is 0. The summed E-state index contributed by atoms with van der Waals surface area (Å²) in [6, 6.07) is 20.4. The molecule has 0 saturated heterocycles. The molecule has 1 saturated carbocycles. The Kier molecular flexibility index (Phi) is 11.0. The van der Waals surface area contributed by atoms with Gasteiger partial charge in [0.1, 0.15) is 12.2 Å². The third-order valence-corrected chi connectivity index (χ3v) is 8.85. The molecule has 2 amide bonds. The number of amidine groups is 1. The van der Waals surface area contributed by atoms with Crippen LogP contribution in [0.1, 0.15) is 82.4 Å². The van der Waals surface area contributed by atoms with Crippen LogP contribution in [0.2, 0.25) is 10.0 Å². The van der Waals surface area contributed by atoms with Gasteiger partial charge in [0.05, 0.1) is 16.7 Å². The van der Waals surface area contributed by atoms with Crippen LogP contribution in [0.15, 0.2) is 71.7 Å². The topological polar surface area (TPSA) is 89.0 Å². The van der Waals surface area contributed by atoms with Crippen LogP contribution < -0.4 is 20.1 Å². The lowest BCUT2D eigenvalue weighted by atomic mass is 9.96. The summed E-state index contributed by atoms with van der Waals surface area (Å²) in [6.45, 7) is 4.40. The highest BCUT2D eigenvalue weighted by atomic mass is 35.5. The summed E-state index contributed by atoms with van der Waals surface area (Å²) in [5.41, 5.74) is 6.40. The molecule has 0 bridgehead atoms. The first-order valence-electron chi connectivity index (χ1n) is 15.8. The first-order chi connectivity index (χ1) is 21.8. The second kappa shape index (κ2) is 15.1.